The minimum atomic E-state index is -0.575. The Kier molecular flexibility index (Phi) is 7.92. The number of para-hydroxylation sites is 1. The van der Waals surface area contributed by atoms with Crippen molar-refractivity contribution in [3.8, 4) is 11.5 Å². The monoisotopic (exact) mass is 489 g/mol. The van der Waals surface area contributed by atoms with E-state index in [0.29, 0.717) is 23.9 Å². The maximum Gasteiger partial charge on any atom is 0.305 e. The van der Waals surface area contributed by atoms with Crippen molar-refractivity contribution < 1.29 is 23.5 Å². The van der Waals surface area contributed by atoms with Gasteiger partial charge in [0.2, 0.25) is 0 Å². The fourth-order valence-corrected chi connectivity index (χ4v) is 3.55. The average Bonchev–Trinajstić information content (AvgIpc) is 3.54. The zero-order chi connectivity index (χ0) is 24.5. The minimum absolute atomic E-state index is 0.0596. The molecule has 2 aromatic carbocycles. The molecule has 178 valence electrons. The second-order valence-electron chi connectivity index (χ2n) is 7.36. The number of hydrogen-bond donors (Lipinski definition) is 2. The third-order valence-electron chi connectivity index (χ3n) is 4.67. The quantitative estimate of drug-likeness (QED) is 0.262. The number of thiazole rings is 1. The summed E-state index contributed by atoms with van der Waals surface area (Å²) >= 11 is 1.58. The molecule has 2 heterocycles. The number of aromatic nitrogens is 1. The van der Waals surface area contributed by atoms with E-state index in [2.05, 4.69) is 15.8 Å². The summed E-state index contributed by atoms with van der Waals surface area (Å²) in [6.07, 6.45) is 2.94. The van der Waals surface area contributed by atoms with E-state index < -0.39 is 11.8 Å². The molecular formula is C26H23N3O5S. The van der Waals surface area contributed by atoms with Gasteiger partial charge in [-0.1, -0.05) is 30.3 Å². The lowest BCUT2D eigenvalue weighted by Crippen LogP contribution is -2.40. The van der Waals surface area contributed by atoms with Gasteiger partial charge < -0.3 is 13.9 Å². The van der Waals surface area contributed by atoms with Crippen LogP contribution >= 0.6 is 11.3 Å². The molecule has 0 saturated heterocycles. The number of hydrogen-bond acceptors (Lipinski definition) is 7. The highest BCUT2D eigenvalue weighted by molar-refractivity contribution is 7.09. The topological polar surface area (TPSA) is 103 Å². The van der Waals surface area contributed by atoms with E-state index in [1.165, 1.54) is 12.1 Å². The number of amides is 2. The van der Waals surface area contributed by atoms with Crippen LogP contribution in [0.25, 0.3) is 6.08 Å². The second kappa shape index (κ2) is 11.7. The molecule has 0 saturated carbocycles. The summed E-state index contributed by atoms with van der Waals surface area (Å²) in [6.45, 7) is 2.53. The van der Waals surface area contributed by atoms with E-state index in [1.807, 2.05) is 66.9 Å². The van der Waals surface area contributed by atoms with E-state index in [9.17, 15) is 9.59 Å². The summed E-state index contributed by atoms with van der Waals surface area (Å²) in [4.78, 5) is 28.6. The molecule has 4 aromatic rings. The highest BCUT2D eigenvalue weighted by atomic mass is 32.1. The molecule has 0 bridgehead atoms. The van der Waals surface area contributed by atoms with Gasteiger partial charge in [-0.2, -0.15) is 0 Å². The molecule has 0 aliphatic heterocycles. The number of carbonyl (C=O) groups is 2. The van der Waals surface area contributed by atoms with Crippen molar-refractivity contribution in [2.24, 2.45) is 0 Å². The Labute approximate surface area is 206 Å². The van der Waals surface area contributed by atoms with Gasteiger partial charge in [-0.25, -0.2) is 4.98 Å². The highest BCUT2D eigenvalue weighted by Gasteiger charge is 2.12. The lowest BCUT2D eigenvalue weighted by atomic mass is 10.2. The molecule has 0 aliphatic rings. The Morgan fingerprint density at radius 3 is 2.43 bits per heavy atom. The lowest BCUT2D eigenvalue weighted by molar-refractivity contribution is -0.117. The van der Waals surface area contributed by atoms with Gasteiger partial charge in [-0.15, -0.1) is 11.3 Å². The van der Waals surface area contributed by atoms with E-state index in [1.54, 1.807) is 23.5 Å². The Hall–Kier alpha value is -4.37. The van der Waals surface area contributed by atoms with E-state index in [4.69, 9.17) is 13.9 Å². The van der Waals surface area contributed by atoms with Crippen LogP contribution in [0, 0.1) is 6.92 Å². The molecule has 0 radical (unpaired) electrons. The van der Waals surface area contributed by atoms with Crippen LogP contribution in [0.15, 0.2) is 82.6 Å². The van der Waals surface area contributed by atoms with Crippen molar-refractivity contribution in [1.82, 2.24) is 15.8 Å². The summed E-state index contributed by atoms with van der Waals surface area (Å²) in [6, 6.07) is 19.7. The Morgan fingerprint density at radius 2 is 1.69 bits per heavy atom. The van der Waals surface area contributed by atoms with Gasteiger partial charge in [-0.3, -0.25) is 20.4 Å². The van der Waals surface area contributed by atoms with E-state index in [-0.39, 0.29) is 12.4 Å². The van der Waals surface area contributed by atoms with Crippen LogP contribution in [0.1, 0.15) is 32.6 Å². The third kappa shape index (κ3) is 7.31. The number of nitrogens with one attached hydrogen (secondary N) is 2. The second-order valence-corrected chi connectivity index (χ2v) is 8.42. The van der Waals surface area contributed by atoms with Gasteiger partial charge in [0.25, 0.3) is 5.91 Å². The van der Waals surface area contributed by atoms with Crippen LogP contribution in [0.3, 0.4) is 0 Å². The van der Waals surface area contributed by atoms with Crippen LogP contribution in [-0.2, 0) is 18.0 Å². The average molecular weight is 490 g/mol. The fourth-order valence-electron chi connectivity index (χ4n) is 2.95. The highest BCUT2D eigenvalue weighted by Crippen LogP contribution is 2.16. The zero-order valence-corrected chi connectivity index (χ0v) is 19.7. The van der Waals surface area contributed by atoms with Crippen LogP contribution in [0.2, 0.25) is 0 Å². The van der Waals surface area contributed by atoms with Crippen molar-refractivity contribution in [3.63, 3.8) is 0 Å². The van der Waals surface area contributed by atoms with Crippen molar-refractivity contribution >= 4 is 29.2 Å². The molecule has 0 spiro atoms. The fraction of sp³-hybridized carbons (Fsp3) is 0.115. The zero-order valence-electron chi connectivity index (χ0n) is 18.9. The summed E-state index contributed by atoms with van der Waals surface area (Å²) < 4.78 is 16.8. The van der Waals surface area contributed by atoms with Gasteiger partial charge in [0, 0.05) is 11.5 Å². The van der Waals surface area contributed by atoms with Crippen molar-refractivity contribution in [3.05, 3.63) is 106 Å². The predicted octanol–water partition coefficient (Wildman–Crippen LogP) is 4.68. The van der Waals surface area contributed by atoms with Crippen molar-refractivity contribution in [2.75, 3.05) is 0 Å². The molecule has 0 unspecified atom stereocenters. The molecule has 4 rings (SSSR count). The standard InChI is InChI=1S/C26H23N3O5S/c1-18-27-20(17-35-18)15-32-22-10-7-19(8-11-22)9-14-25(30)28-29-26(31)24-13-12-23(34-24)16-33-21-5-3-2-4-6-21/h2-14,17H,15-16H2,1H3,(H,28,30)(H,29,31)/b14-9+. The third-order valence-corrected chi connectivity index (χ3v) is 5.49. The number of rotatable bonds is 9. The van der Waals surface area contributed by atoms with Gasteiger partial charge in [0.05, 0.1) is 10.7 Å². The normalized spacial score (nSPS) is 10.8. The van der Waals surface area contributed by atoms with Crippen LogP contribution in [0.4, 0.5) is 0 Å². The number of ether oxygens (including phenoxy) is 2. The molecule has 9 heteroatoms. The molecule has 2 aromatic heterocycles. The SMILES string of the molecule is Cc1nc(COc2ccc(/C=C/C(=O)NNC(=O)c3ccc(COc4ccccc4)o3)cc2)cs1. The Bertz CT molecular complexity index is 1300. The van der Waals surface area contributed by atoms with E-state index >= 15 is 0 Å². The molecule has 0 aliphatic carbocycles. The molecule has 0 atom stereocenters. The predicted molar refractivity (Wildman–Crippen MR) is 132 cm³/mol. The maximum absolute atomic E-state index is 12.2. The molecule has 2 amide bonds. The van der Waals surface area contributed by atoms with Crippen LogP contribution < -0.4 is 20.3 Å². The summed E-state index contributed by atoms with van der Waals surface area (Å²) in [5.41, 5.74) is 6.33. The summed E-state index contributed by atoms with van der Waals surface area (Å²) in [5, 5.41) is 2.97. The van der Waals surface area contributed by atoms with Gasteiger partial charge >= 0.3 is 5.91 Å². The lowest BCUT2D eigenvalue weighted by Gasteiger charge is -2.05. The first-order valence-electron chi connectivity index (χ1n) is 10.7. The Balaban J connectivity index is 1.19. The minimum Gasteiger partial charge on any atom is -0.487 e. The summed E-state index contributed by atoms with van der Waals surface area (Å²) in [7, 11) is 0. The largest absolute Gasteiger partial charge is 0.487 e. The number of hydrazine groups is 1. The molecule has 35 heavy (non-hydrogen) atoms. The molecule has 2 N–H and O–H groups in total. The van der Waals surface area contributed by atoms with Crippen molar-refractivity contribution in [1.29, 1.82) is 0 Å². The van der Waals surface area contributed by atoms with Gasteiger partial charge in [0.1, 0.15) is 30.5 Å². The van der Waals surface area contributed by atoms with Gasteiger partial charge in [-0.05, 0) is 55.0 Å². The van der Waals surface area contributed by atoms with E-state index in [0.717, 1.165) is 16.3 Å². The summed E-state index contributed by atoms with van der Waals surface area (Å²) in [5.74, 6) is 0.883. The molecule has 8 nitrogen and oxygen atoms in total. The van der Waals surface area contributed by atoms with Crippen molar-refractivity contribution in [2.45, 2.75) is 20.1 Å². The first-order chi connectivity index (χ1) is 17.0. The van der Waals surface area contributed by atoms with Crippen LogP contribution in [0.5, 0.6) is 11.5 Å². The first-order valence-corrected chi connectivity index (χ1v) is 11.6. The maximum atomic E-state index is 12.2. The van der Waals surface area contributed by atoms with Crippen LogP contribution in [-0.4, -0.2) is 16.8 Å². The van der Waals surface area contributed by atoms with Gasteiger partial charge in [0.15, 0.2) is 5.76 Å². The Morgan fingerprint density at radius 1 is 0.943 bits per heavy atom. The number of benzene rings is 2. The smallest absolute Gasteiger partial charge is 0.305 e. The number of furan rings is 1. The molecule has 0 fully saturated rings. The molecular weight excluding hydrogens is 466 g/mol. The number of carbonyl (C=O) groups excluding carboxylic acids is 2. The number of nitrogens with zero attached hydrogens (tertiary/aromatic N) is 1. The number of aryl methyl sites for hydroxylation is 1. The first kappa shape index (κ1) is 23.8.